The van der Waals surface area contributed by atoms with Crippen LogP contribution in [0.25, 0.3) is 17.5 Å². The van der Waals surface area contributed by atoms with Crippen molar-refractivity contribution in [1.82, 2.24) is 15.0 Å². The van der Waals surface area contributed by atoms with Crippen molar-refractivity contribution in [3.8, 4) is 22.9 Å². The zero-order chi connectivity index (χ0) is 32.4. The van der Waals surface area contributed by atoms with Gasteiger partial charge in [-0.25, -0.2) is 0 Å². The van der Waals surface area contributed by atoms with Gasteiger partial charge in [-0.2, -0.15) is 36.3 Å². The molecular weight excluding hydrogens is 626 g/mol. The first-order valence-corrected chi connectivity index (χ1v) is 13.8. The van der Waals surface area contributed by atoms with Crippen LogP contribution >= 0.6 is 11.8 Å². The summed E-state index contributed by atoms with van der Waals surface area (Å²) in [6, 6.07) is 15.1. The van der Waals surface area contributed by atoms with Crippen molar-refractivity contribution in [3.63, 3.8) is 0 Å². The number of alkyl halides is 6. The maximum absolute atomic E-state index is 13.5. The molecule has 0 radical (unpaired) electrons. The van der Waals surface area contributed by atoms with E-state index in [4.69, 9.17) is 14.0 Å². The lowest BCUT2D eigenvalue weighted by atomic mass is 10.0. The largest absolute Gasteiger partial charge is 0.493 e. The summed E-state index contributed by atoms with van der Waals surface area (Å²) in [5.41, 5.74) is -2.06. The van der Waals surface area contributed by atoms with Gasteiger partial charge in [0.1, 0.15) is 6.61 Å². The van der Waals surface area contributed by atoms with Crippen LogP contribution in [0.2, 0.25) is 0 Å². The molecule has 1 aliphatic heterocycles. The number of thioether (sulfide) groups is 1. The Labute approximate surface area is 256 Å². The minimum absolute atomic E-state index is 0.0455. The van der Waals surface area contributed by atoms with E-state index in [2.05, 4.69) is 15.1 Å². The van der Waals surface area contributed by atoms with E-state index in [0.717, 1.165) is 23.4 Å². The van der Waals surface area contributed by atoms with E-state index in [1.807, 2.05) is 30.3 Å². The van der Waals surface area contributed by atoms with Crippen molar-refractivity contribution >= 4 is 28.9 Å². The first kappa shape index (κ1) is 31.6. The number of ether oxygens (including phenoxy) is 2. The topological polar surface area (TPSA) is 90.0 Å². The van der Waals surface area contributed by atoms with E-state index in [9.17, 15) is 31.1 Å². The number of hydrogen-bond donors (Lipinski definition) is 0. The monoisotopic (exact) mass is 648 g/mol. The third-order valence-corrected chi connectivity index (χ3v) is 7.52. The Morgan fingerprint density at radius 1 is 0.956 bits per heavy atom. The Morgan fingerprint density at radius 3 is 2.40 bits per heavy atom. The van der Waals surface area contributed by atoms with Gasteiger partial charge >= 0.3 is 12.4 Å². The first-order valence-electron chi connectivity index (χ1n) is 13.0. The molecule has 0 saturated heterocycles. The number of benzene rings is 3. The molecule has 3 aromatic carbocycles. The third kappa shape index (κ3) is 7.48. The minimum Gasteiger partial charge on any atom is -0.493 e. The zero-order valence-corrected chi connectivity index (χ0v) is 24.3. The number of aliphatic imine (C=N–C) groups is 1. The lowest BCUT2D eigenvalue weighted by Crippen LogP contribution is -2.22. The fourth-order valence-corrected chi connectivity index (χ4v) is 5.07. The van der Waals surface area contributed by atoms with Crippen molar-refractivity contribution in [2.45, 2.75) is 25.5 Å². The molecule has 0 atom stereocenters. The van der Waals surface area contributed by atoms with Gasteiger partial charge in [0.15, 0.2) is 16.7 Å². The number of hydrogen-bond acceptors (Lipinski definition) is 8. The summed E-state index contributed by atoms with van der Waals surface area (Å²) in [6.07, 6.45) is -8.41. The van der Waals surface area contributed by atoms with Crippen LogP contribution in [0.15, 0.2) is 81.2 Å². The van der Waals surface area contributed by atoms with Crippen LogP contribution in [-0.2, 0) is 30.3 Å². The standard InChI is InChI=1S/C30H22F6N4O4S/c1-40(15-25-37-26(39-44-25)18-6-4-3-5-7-18)28-38-27(41)24(45-28)13-17-8-11-22(23(12-17)42-2)43-16-19-9-10-20(29(31,32)33)14-21(19)30(34,35)36/h3-14H,15-16H2,1-2H3. The number of halogens is 6. The predicted molar refractivity (Wildman–Crippen MR) is 153 cm³/mol. The van der Waals surface area contributed by atoms with E-state index in [1.54, 1.807) is 24.1 Å². The molecule has 1 aromatic heterocycles. The van der Waals surface area contributed by atoms with Crippen LogP contribution in [0.4, 0.5) is 26.3 Å². The van der Waals surface area contributed by atoms with E-state index in [-0.39, 0.29) is 24.1 Å². The number of nitrogens with zero attached hydrogens (tertiary/aromatic N) is 4. The number of carbonyl (C=O) groups excluding carboxylic acids is 1. The van der Waals surface area contributed by atoms with Gasteiger partial charge in [0.05, 0.1) is 29.7 Å². The lowest BCUT2D eigenvalue weighted by Gasteiger charge is -2.17. The van der Waals surface area contributed by atoms with Gasteiger partial charge in [-0.1, -0.05) is 47.6 Å². The Hall–Kier alpha value is -4.79. The van der Waals surface area contributed by atoms with Crippen molar-refractivity contribution in [2.75, 3.05) is 14.2 Å². The summed E-state index contributed by atoms with van der Waals surface area (Å²) in [5, 5.41) is 4.38. The number of methoxy groups -OCH3 is 1. The molecule has 45 heavy (non-hydrogen) atoms. The zero-order valence-electron chi connectivity index (χ0n) is 23.4. The number of carbonyl (C=O) groups is 1. The van der Waals surface area contributed by atoms with E-state index in [1.165, 1.54) is 19.2 Å². The van der Waals surface area contributed by atoms with Crippen LogP contribution in [0.1, 0.15) is 28.1 Å². The third-order valence-electron chi connectivity index (χ3n) is 6.42. The molecule has 2 heterocycles. The second-order valence-electron chi connectivity index (χ2n) is 9.61. The van der Waals surface area contributed by atoms with E-state index >= 15 is 0 Å². The lowest BCUT2D eigenvalue weighted by molar-refractivity contribution is -0.143. The summed E-state index contributed by atoms with van der Waals surface area (Å²) < 4.78 is 95.6. The van der Waals surface area contributed by atoms with Gasteiger partial charge in [-0.15, -0.1) is 0 Å². The Bertz CT molecular complexity index is 1770. The summed E-state index contributed by atoms with van der Waals surface area (Å²) in [4.78, 5) is 23.1. The van der Waals surface area contributed by atoms with Crippen molar-refractivity contribution in [2.24, 2.45) is 4.99 Å². The fraction of sp³-hybridized carbons (Fsp3) is 0.200. The van der Waals surface area contributed by atoms with Crippen molar-refractivity contribution in [3.05, 3.63) is 99.8 Å². The van der Waals surface area contributed by atoms with Gasteiger partial charge in [0, 0.05) is 18.2 Å². The second-order valence-corrected chi connectivity index (χ2v) is 10.6. The molecule has 15 heteroatoms. The van der Waals surface area contributed by atoms with Crippen molar-refractivity contribution in [1.29, 1.82) is 0 Å². The molecule has 0 bridgehead atoms. The maximum atomic E-state index is 13.5. The molecule has 1 aliphatic rings. The van der Waals surface area contributed by atoms with Crippen LogP contribution in [0, 0.1) is 0 Å². The normalized spacial score (nSPS) is 14.5. The van der Waals surface area contributed by atoms with Gasteiger partial charge in [-0.3, -0.25) is 4.79 Å². The highest BCUT2D eigenvalue weighted by Gasteiger charge is 2.38. The van der Waals surface area contributed by atoms with E-state index in [0.29, 0.717) is 33.4 Å². The van der Waals surface area contributed by atoms with Gasteiger partial charge in [0.2, 0.25) is 11.7 Å². The summed E-state index contributed by atoms with van der Waals surface area (Å²) in [7, 11) is 3.02. The van der Waals surface area contributed by atoms with Crippen LogP contribution in [-0.4, -0.2) is 40.3 Å². The number of amidine groups is 1. The molecule has 8 nitrogen and oxygen atoms in total. The van der Waals surface area contributed by atoms with Gasteiger partial charge in [0.25, 0.3) is 5.91 Å². The molecule has 0 saturated carbocycles. The van der Waals surface area contributed by atoms with E-state index < -0.39 is 41.6 Å². The molecule has 234 valence electrons. The first-order chi connectivity index (χ1) is 21.3. The number of amides is 1. The molecule has 0 fully saturated rings. The molecule has 0 spiro atoms. The Morgan fingerprint density at radius 2 is 1.71 bits per heavy atom. The molecular formula is C30H22F6N4O4S. The van der Waals surface area contributed by atoms with Gasteiger partial charge in [-0.05, 0) is 47.7 Å². The summed E-state index contributed by atoms with van der Waals surface area (Å²) in [6.45, 7) is -0.477. The Kier molecular flexibility index (Phi) is 8.91. The average molecular weight is 649 g/mol. The molecule has 1 amide bonds. The summed E-state index contributed by atoms with van der Waals surface area (Å²) >= 11 is 1.11. The highest BCUT2D eigenvalue weighted by Crippen LogP contribution is 2.39. The fourth-order valence-electron chi connectivity index (χ4n) is 4.20. The van der Waals surface area contributed by atoms with Gasteiger partial charge < -0.3 is 18.9 Å². The highest BCUT2D eigenvalue weighted by molar-refractivity contribution is 8.18. The molecule has 0 N–H and O–H groups in total. The SMILES string of the molecule is COc1cc(C=C2SC(N(C)Cc3nc(-c4ccccc4)no3)=NC2=O)ccc1OCc1ccc(C(F)(F)F)cc1C(F)(F)F. The quantitative estimate of drug-likeness (QED) is 0.144. The van der Waals surface area contributed by atoms with Crippen LogP contribution in [0.3, 0.4) is 0 Å². The van der Waals surface area contributed by atoms with Crippen LogP contribution < -0.4 is 9.47 Å². The number of rotatable bonds is 8. The minimum atomic E-state index is -5.03. The molecule has 4 aromatic rings. The molecule has 5 rings (SSSR count). The predicted octanol–water partition coefficient (Wildman–Crippen LogP) is 7.46. The Balaban J connectivity index is 1.26. The molecule has 0 aliphatic carbocycles. The number of aromatic nitrogens is 2. The smallest absolute Gasteiger partial charge is 0.416 e. The highest BCUT2D eigenvalue weighted by atomic mass is 32.2. The van der Waals surface area contributed by atoms with Crippen LogP contribution in [0.5, 0.6) is 11.5 Å². The maximum Gasteiger partial charge on any atom is 0.416 e. The average Bonchev–Trinajstić information content (AvgIpc) is 3.62. The second kappa shape index (κ2) is 12.7. The summed E-state index contributed by atoms with van der Waals surface area (Å²) in [5.74, 6) is 0.439. The molecule has 0 unspecified atom stereocenters. The van der Waals surface area contributed by atoms with Crippen molar-refractivity contribution < 1.29 is 45.1 Å².